The maximum absolute atomic E-state index is 12.7. The van der Waals surface area contributed by atoms with Crippen LogP contribution in [-0.2, 0) is 0 Å². The van der Waals surface area contributed by atoms with Gasteiger partial charge in [-0.15, -0.1) is 0 Å². The first-order valence-electron chi connectivity index (χ1n) is 10.0. The number of fused-ring (bicyclic) bond motifs is 2. The quantitative estimate of drug-likeness (QED) is 0.756. The van der Waals surface area contributed by atoms with Crippen LogP contribution in [0, 0.1) is 11.8 Å². The maximum Gasteiger partial charge on any atom is 0.263 e. The SMILES string of the molecule is CC1CCN(c2nc3c(cnn3-c3ccccc3)c(=O)[nH]2)C2CCCCC12. The van der Waals surface area contributed by atoms with E-state index < -0.39 is 0 Å². The second-order valence-electron chi connectivity index (χ2n) is 7.99. The number of nitrogens with one attached hydrogen (secondary N) is 1. The zero-order chi connectivity index (χ0) is 18.4. The van der Waals surface area contributed by atoms with Gasteiger partial charge in [0.1, 0.15) is 5.39 Å². The molecule has 2 aromatic heterocycles. The Morgan fingerprint density at radius 1 is 1.11 bits per heavy atom. The fourth-order valence-corrected chi connectivity index (χ4v) is 4.98. The van der Waals surface area contributed by atoms with Crippen molar-refractivity contribution in [2.24, 2.45) is 11.8 Å². The van der Waals surface area contributed by atoms with Crippen LogP contribution in [-0.4, -0.2) is 32.3 Å². The van der Waals surface area contributed by atoms with Crippen LogP contribution in [0.25, 0.3) is 16.7 Å². The number of piperidine rings is 1. The standard InChI is InChI=1S/C21H25N5O/c1-14-11-12-25(18-10-6-5-9-16(14)18)21-23-19-17(20(27)24-21)13-22-26(19)15-7-3-2-4-8-15/h2-4,7-8,13-14,16,18H,5-6,9-12H2,1H3,(H,23,24,27). The van der Waals surface area contributed by atoms with E-state index in [1.807, 2.05) is 30.3 Å². The molecule has 0 spiro atoms. The molecule has 5 rings (SSSR count). The molecule has 0 amide bonds. The van der Waals surface area contributed by atoms with Gasteiger partial charge in [0, 0.05) is 12.6 Å². The Morgan fingerprint density at radius 3 is 2.78 bits per heavy atom. The van der Waals surface area contributed by atoms with Gasteiger partial charge in [-0.3, -0.25) is 9.78 Å². The molecule has 3 atom stereocenters. The smallest absolute Gasteiger partial charge is 0.263 e. The van der Waals surface area contributed by atoms with E-state index >= 15 is 0 Å². The summed E-state index contributed by atoms with van der Waals surface area (Å²) in [6.45, 7) is 3.33. The summed E-state index contributed by atoms with van der Waals surface area (Å²) in [5, 5.41) is 4.96. The highest BCUT2D eigenvalue weighted by molar-refractivity contribution is 5.76. The summed E-state index contributed by atoms with van der Waals surface area (Å²) in [7, 11) is 0. The predicted octanol–water partition coefficient (Wildman–Crippen LogP) is 3.51. The highest BCUT2D eigenvalue weighted by Gasteiger charge is 2.38. The summed E-state index contributed by atoms with van der Waals surface area (Å²) in [5.74, 6) is 2.15. The van der Waals surface area contributed by atoms with Crippen LogP contribution >= 0.6 is 0 Å². The highest BCUT2D eigenvalue weighted by atomic mass is 16.1. The number of nitrogens with zero attached hydrogens (tertiary/aromatic N) is 4. The number of benzene rings is 1. The summed E-state index contributed by atoms with van der Waals surface area (Å²) in [5.41, 5.74) is 1.44. The van der Waals surface area contributed by atoms with E-state index in [0.29, 0.717) is 28.9 Å². The first-order valence-corrected chi connectivity index (χ1v) is 10.0. The average Bonchev–Trinajstić information content (AvgIpc) is 3.14. The molecule has 0 radical (unpaired) electrons. The zero-order valence-corrected chi connectivity index (χ0v) is 15.6. The van der Waals surface area contributed by atoms with E-state index in [0.717, 1.165) is 24.6 Å². The Morgan fingerprint density at radius 2 is 1.93 bits per heavy atom. The molecule has 2 fully saturated rings. The first kappa shape index (κ1) is 16.5. The van der Waals surface area contributed by atoms with Crippen LogP contribution in [0.4, 0.5) is 5.95 Å². The number of aromatic nitrogens is 4. The topological polar surface area (TPSA) is 66.8 Å². The lowest BCUT2D eigenvalue weighted by molar-refractivity contribution is 0.176. The van der Waals surface area contributed by atoms with Gasteiger partial charge in [0.15, 0.2) is 5.65 Å². The minimum Gasteiger partial charge on any atom is -0.339 e. The van der Waals surface area contributed by atoms with Crippen molar-refractivity contribution in [1.82, 2.24) is 19.7 Å². The van der Waals surface area contributed by atoms with Crippen molar-refractivity contribution in [3.8, 4) is 5.69 Å². The molecule has 27 heavy (non-hydrogen) atoms. The molecule has 1 aliphatic heterocycles. The largest absolute Gasteiger partial charge is 0.339 e. The minimum absolute atomic E-state index is 0.108. The van der Waals surface area contributed by atoms with Gasteiger partial charge in [-0.05, 0) is 43.2 Å². The second kappa shape index (κ2) is 6.51. The number of anilines is 1. The van der Waals surface area contributed by atoms with Crippen LogP contribution in [0.3, 0.4) is 0 Å². The van der Waals surface area contributed by atoms with Crippen molar-refractivity contribution in [3.63, 3.8) is 0 Å². The van der Waals surface area contributed by atoms with Gasteiger partial charge < -0.3 is 4.90 Å². The fourth-order valence-electron chi connectivity index (χ4n) is 4.98. The van der Waals surface area contributed by atoms with Gasteiger partial charge in [-0.2, -0.15) is 10.1 Å². The normalized spacial score (nSPS) is 25.5. The minimum atomic E-state index is -0.108. The molecule has 140 valence electrons. The van der Waals surface area contributed by atoms with Crippen molar-refractivity contribution in [2.45, 2.75) is 45.1 Å². The maximum atomic E-state index is 12.7. The van der Waals surface area contributed by atoms with Crippen LogP contribution < -0.4 is 10.5 Å². The number of rotatable bonds is 2. The molecule has 6 nitrogen and oxygen atoms in total. The number of hydrogen-bond acceptors (Lipinski definition) is 4. The van der Waals surface area contributed by atoms with E-state index in [1.165, 1.54) is 25.7 Å². The van der Waals surface area contributed by atoms with Crippen molar-refractivity contribution in [2.75, 3.05) is 11.4 Å². The molecule has 6 heteroatoms. The van der Waals surface area contributed by atoms with Crippen molar-refractivity contribution in [1.29, 1.82) is 0 Å². The van der Waals surface area contributed by atoms with Gasteiger partial charge >= 0.3 is 0 Å². The number of para-hydroxylation sites is 1. The molecule has 1 N–H and O–H groups in total. The molecule has 3 unspecified atom stereocenters. The van der Waals surface area contributed by atoms with Crippen LogP contribution in [0.2, 0.25) is 0 Å². The van der Waals surface area contributed by atoms with Gasteiger partial charge in [0.2, 0.25) is 5.95 Å². The summed E-state index contributed by atoms with van der Waals surface area (Å²) < 4.78 is 1.76. The summed E-state index contributed by atoms with van der Waals surface area (Å²) in [6, 6.07) is 10.4. The molecule has 2 aliphatic rings. The third-order valence-electron chi connectivity index (χ3n) is 6.44. The van der Waals surface area contributed by atoms with Crippen LogP contribution in [0.15, 0.2) is 41.3 Å². The molecule has 1 saturated heterocycles. The summed E-state index contributed by atoms with van der Waals surface area (Å²) in [4.78, 5) is 23.0. The fraction of sp³-hybridized carbons (Fsp3) is 0.476. The third-order valence-corrected chi connectivity index (χ3v) is 6.44. The second-order valence-corrected chi connectivity index (χ2v) is 7.99. The van der Waals surface area contributed by atoms with Gasteiger partial charge in [-0.1, -0.05) is 38.0 Å². The summed E-state index contributed by atoms with van der Waals surface area (Å²) >= 11 is 0. The van der Waals surface area contributed by atoms with Crippen LogP contribution in [0.1, 0.15) is 39.0 Å². The lowest BCUT2D eigenvalue weighted by Crippen LogP contribution is -2.51. The monoisotopic (exact) mass is 363 g/mol. The molecule has 3 aromatic rings. The van der Waals surface area contributed by atoms with Gasteiger partial charge in [0.25, 0.3) is 5.56 Å². The van der Waals surface area contributed by atoms with Gasteiger partial charge in [-0.25, -0.2) is 4.68 Å². The van der Waals surface area contributed by atoms with E-state index in [9.17, 15) is 4.79 Å². The van der Waals surface area contributed by atoms with E-state index in [-0.39, 0.29) is 5.56 Å². The Kier molecular flexibility index (Phi) is 3.99. The molecule has 0 bridgehead atoms. The van der Waals surface area contributed by atoms with Crippen molar-refractivity contribution >= 4 is 17.0 Å². The van der Waals surface area contributed by atoms with Gasteiger partial charge in [0.05, 0.1) is 11.9 Å². The van der Waals surface area contributed by atoms with E-state index in [4.69, 9.17) is 4.98 Å². The number of aromatic amines is 1. The molecular formula is C21H25N5O. The zero-order valence-electron chi connectivity index (χ0n) is 15.6. The highest BCUT2D eigenvalue weighted by Crippen LogP contribution is 2.39. The number of hydrogen-bond donors (Lipinski definition) is 1. The molecule has 1 saturated carbocycles. The Hall–Kier alpha value is -2.63. The first-order chi connectivity index (χ1) is 13.2. The van der Waals surface area contributed by atoms with E-state index in [1.54, 1.807) is 10.9 Å². The Labute approximate surface area is 158 Å². The molecule has 3 heterocycles. The number of H-pyrrole nitrogens is 1. The van der Waals surface area contributed by atoms with Crippen molar-refractivity contribution < 1.29 is 0 Å². The lowest BCUT2D eigenvalue weighted by atomic mass is 9.73. The lowest BCUT2D eigenvalue weighted by Gasteiger charge is -2.47. The molecule has 1 aromatic carbocycles. The van der Waals surface area contributed by atoms with Crippen molar-refractivity contribution in [3.05, 3.63) is 46.9 Å². The molecular weight excluding hydrogens is 338 g/mol. The predicted molar refractivity (Wildman–Crippen MR) is 106 cm³/mol. The summed E-state index contributed by atoms with van der Waals surface area (Å²) in [6.07, 6.45) is 7.83. The van der Waals surface area contributed by atoms with E-state index in [2.05, 4.69) is 21.9 Å². The third kappa shape index (κ3) is 2.74. The Balaban J connectivity index is 1.60. The molecule has 1 aliphatic carbocycles. The average molecular weight is 363 g/mol. The Bertz CT molecular complexity index is 1010. The van der Waals surface area contributed by atoms with Crippen LogP contribution in [0.5, 0.6) is 0 Å².